The Morgan fingerprint density at radius 1 is 0.347 bits per heavy atom. The van der Waals surface area contributed by atoms with Crippen molar-refractivity contribution in [1.29, 1.82) is 0 Å². The molecule has 0 bridgehead atoms. The number of carbonyl (C=O) groups excluding carboxylic acids is 2. The highest BCUT2D eigenvalue weighted by molar-refractivity contribution is 5.96. The number of nitrogens with zero attached hydrogens (tertiary/aromatic N) is 3. The van der Waals surface area contributed by atoms with Gasteiger partial charge < -0.3 is 39.7 Å². The number of aromatic carboxylic acids is 1. The Kier molecular flexibility index (Phi) is 19.6. The van der Waals surface area contributed by atoms with Gasteiger partial charge in [0.1, 0.15) is 0 Å². The predicted molar refractivity (Wildman–Crippen MR) is 400 cm³/mol. The van der Waals surface area contributed by atoms with Crippen LogP contribution in [0.1, 0.15) is 77.8 Å². The number of carboxylic acids is 1. The number of methoxy groups -OCH3 is 2. The van der Waals surface area contributed by atoms with Gasteiger partial charge >= 0.3 is 17.9 Å². The standard InChI is InChI=1S/C30H27NO2.C29H26N2O2.C28H24N2O2/c1-3-7-27-20-31(19-21-8-6-11-26(16-21)30(32)33-2)29-15-14-25(18-28(27)29)24-13-12-22-9-4-5-10-23(22)17-24;1-33-29(32)25-8-4-5-20(15-25)18-31-19-26(13-14-30)27-17-24(11-12-28(27)31)23-10-9-21-6-2-3-7-22(21)16-23;29-13-12-25-18-30(17-19-4-3-7-24(14-19)28(31)32)27-11-10-23(16-26(25)27)22-9-8-20-5-1-2-6-21(20)15-22/h4-6,8-18,20H,3,7,19H2,1-2H3;2-12,15-17,19H,13-14,18,30H2,1H3;1-11,14-16,18H,12-13,17,29H2,(H,31,32). The number of rotatable bonds is 18. The lowest BCUT2D eigenvalue weighted by Crippen LogP contribution is -2.04. The van der Waals surface area contributed by atoms with Crippen molar-refractivity contribution in [1.82, 2.24) is 13.7 Å². The zero-order chi connectivity index (χ0) is 67.7. The number of carbonyl (C=O) groups is 3. The van der Waals surface area contributed by atoms with E-state index in [1.54, 1.807) is 30.3 Å². The number of aromatic nitrogens is 3. The van der Waals surface area contributed by atoms with Crippen LogP contribution in [0.2, 0.25) is 0 Å². The van der Waals surface area contributed by atoms with Crippen molar-refractivity contribution in [3.8, 4) is 33.4 Å². The van der Waals surface area contributed by atoms with Crippen LogP contribution in [-0.4, -0.2) is 64.0 Å². The van der Waals surface area contributed by atoms with Gasteiger partial charge in [-0.15, -0.1) is 0 Å². The summed E-state index contributed by atoms with van der Waals surface area (Å²) in [7, 11) is 2.82. The molecule has 0 unspecified atom stereocenters. The fourth-order valence-electron chi connectivity index (χ4n) is 13.6. The van der Waals surface area contributed by atoms with Crippen LogP contribution in [0.4, 0.5) is 0 Å². The first-order valence-electron chi connectivity index (χ1n) is 33.3. The van der Waals surface area contributed by atoms with E-state index >= 15 is 0 Å². The molecule has 0 aliphatic heterocycles. The Morgan fingerprint density at radius 2 is 0.653 bits per heavy atom. The van der Waals surface area contributed by atoms with E-state index in [4.69, 9.17) is 20.9 Å². The minimum Gasteiger partial charge on any atom is -0.478 e. The van der Waals surface area contributed by atoms with E-state index in [1.165, 1.54) is 118 Å². The third-order valence-electron chi connectivity index (χ3n) is 18.4. The second-order valence-corrected chi connectivity index (χ2v) is 24.9. The smallest absolute Gasteiger partial charge is 0.337 e. The van der Waals surface area contributed by atoms with Crippen LogP contribution < -0.4 is 11.5 Å². The van der Waals surface area contributed by atoms with Crippen molar-refractivity contribution < 1.29 is 29.0 Å². The molecule has 0 radical (unpaired) electrons. The van der Waals surface area contributed by atoms with E-state index in [0.29, 0.717) is 49.4 Å². The van der Waals surface area contributed by atoms with Crippen LogP contribution in [-0.2, 0) is 48.4 Å². The highest BCUT2D eigenvalue weighted by atomic mass is 16.5. The fraction of sp³-hybridized carbons (Fsp3) is 0.138. The number of hydrogen-bond acceptors (Lipinski definition) is 7. The van der Waals surface area contributed by atoms with Crippen LogP contribution in [0.25, 0.3) is 98.4 Å². The summed E-state index contributed by atoms with van der Waals surface area (Å²) in [6.07, 6.45) is 10.3. The maximum atomic E-state index is 11.9. The number of aryl methyl sites for hydroxylation is 1. The maximum absolute atomic E-state index is 11.9. The number of carboxylic acid groups (broad SMARTS) is 1. The van der Waals surface area contributed by atoms with Gasteiger partial charge in [0.05, 0.1) is 30.9 Å². The van der Waals surface area contributed by atoms with E-state index < -0.39 is 5.97 Å². The van der Waals surface area contributed by atoms with Gasteiger partial charge in [-0.25, -0.2) is 14.4 Å². The molecule has 0 aliphatic rings. The summed E-state index contributed by atoms with van der Waals surface area (Å²) < 4.78 is 16.5. The van der Waals surface area contributed by atoms with E-state index in [2.05, 4.69) is 227 Å². The molecule has 5 N–H and O–H groups in total. The zero-order valence-electron chi connectivity index (χ0n) is 55.3. The predicted octanol–water partition coefficient (Wildman–Crippen LogP) is 18.8. The summed E-state index contributed by atoms with van der Waals surface area (Å²) in [6.45, 7) is 5.38. The molecule has 12 aromatic carbocycles. The normalized spacial score (nSPS) is 11.2. The molecule has 11 nitrogen and oxygen atoms in total. The van der Waals surface area contributed by atoms with Crippen LogP contribution in [0.3, 0.4) is 0 Å². The number of esters is 2. The monoisotopic (exact) mass is 1290 g/mol. The second kappa shape index (κ2) is 29.6. The first-order chi connectivity index (χ1) is 47.9. The highest BCUT2D eigenvalue weighted by Crippen LogP contribution is 2.35. The molecule has 15 aromatic rings. The maximum Gasteiger partial charge on any atom is 0.337 e. The summed E-state index contributed by atoms with van der Waals surface area (Å²) in [5, 5.41) is 20.5. The molecule has 0 atom stereocenters. The second-order valence-electron chi connectivity index (χ2n) is 24.9. The number of fused-ring (bicyclic) bond motifs is 6. The highest BCUT2D eigenvalue weighted by Gasteiger charge is 2.17. The summed E-state index contributed by atoms with van der Waals surface area (Å²) >= 11 is 0. The Morgan fingerprint density at radius 3 is 0.980 bits per heavy atom. The summed E-state index contributed by atoms with van der Waals surface area (Å²) in [4.78, 5) is 35.2. The Bertz CT molecular complexity index is 5220. The first-order valence-corrected chi connectivity index (χ1v) is 33.3. The molecular formula is C87H77N5O6. The van der Waals surface area contributed by atoms with Crippen LogP contribution in [0.15, 0.2) is 273 Å². The van der Waals surface area contributed by atoms with Crippen molar-refractivity contribution >= 4 is 82.9 Å². The molecule has 3 aromatic heterocycles. The number of nitrogens with two attached hydrogens (primary N) is 2. The van der Waals surface area contributed by atoms with Gasteiger partial charge in [0.15, 0.2) is 0 Å². The molecule has 0 amide bonds. The van der Waals surface area contributed by atoms with Crippen molar-refractivity contribution in [3.05, 3.63) is 323 Å². The van der Waals surface area contributed by atoms with E-state index in [1.807, 2.05) is 36.4 Å². The molecular weight excluding hydrogens is 1210 g/mol. The molecule has 11 heteroatoms. The lowest BCUT2D eigenvalue weighted by molar-refractivity contribution is 0.0591. The molecule has 0 aliphatic carbocycles. The Labute approximate surface area is 570 Å². The third-order valence-corrected chi connectivity index (χ3v) is 18.4. The minimum atomic E-state index is -0.909. The molecule has 15 rings (SSSR count). The van der Waals surface area contributed by atoms with Gasteiger partial charge in [-0.05, 0) is 222 Å². The lowest BCUT2D eigenvalue weighted by atomic mass is 9.99. The number of ether oxygens (including phenoxy) is 2. The number of hydrogen-bond donors (Lipinski definition) is 3. The van der Waals surface area contributed by atoms with Gasteiger partial charge in [-0.2, -0.15) is 0 Å². The van der Waals surface area contributed by atoms with Gasteiger partial charge in [-0.3, -0.25) is 0 Å². The minimum absolute atomic E-state index is 0.305. The van der Waals surface area contributed by atoms with Gasteiger partial charge in [0, 0.05) is 70.9 Å². The SMILES string of the molecule is CCCc1cn(Cc2cccc(C(=O)OC)c2)c2ccc(-c3ccc4ccccc4c3)cc12.COC(=O)c1cccc(Cn2cc(CCN)c3cc(-c4ccc5ccccc5c4)ccc32)c1.NCCc1cn(Cc2cccc(C(=O)O)c2)c2ccc(-c3ccc4ccccc4c3)cc12. The average molecular weight is 1290 g/mol. The van der Waals surface area contributed by atoms with Crippen molar-refractivity contribution in [2.45, 2.75) is 52.2 Å². The largest absolute Gasteiger partial charge is 0.478 e. The van der Waals surface area contributed by atoms with Crippen molar-refractivity contribution in [3.63, 3.8) is 0 Å². The summed E-state index contributed by atoms with van der Waals surface area (Å²) in [5.41, 5.74) is 30.9. The lowest BCUT2D eigenvalue weighted by Gasteiger charge is -2.09. The van der Waals surface area contributed by atoms with Gasteiger partial charge in [0.2, 0.25) is 0 Å². The van der Waals surface area contributed by atoms with Gasteiger partial charge in [0.25, 0.3) is 0 Å². The summed E-state index contributed by atoms with van der Waals surface area (Å²) in [5.74, 6) is -1.54. The molecule has 98 heavy (non-hydrogen) atoms. The third kappa shape index (κ3) is 14.3. The van der Waals surface area contributed by atoms with Crippen LogP contribution in [0.5, 0.6) is 0 Å². The van der Waals surface area contributed by atoms with Crippen LogP contribution >= 0.6 is 0 Å². The molecule has 0 saturated heterocycles. The first kappa shape index (κ1) is 65.1. The topological polar surface area (TPSA) is 157 Å². The summed E-state index contributed by atoms with van der Waals surface area (Å²) in [6, 6.07) is 87.5. The van der Waals surface area contributed by atoms with E-state index in [0.717, 1.165) is 53.4 Å². The van der Waals surface area contributed by atoms with Crippen molar-refractivity contribution in [2.75, 3.05) is 27.3 Å². The van der Waals surface area contributed by atoms with Crippen molar-refractivity contribution in [2.24, 2.45) is 11.5 Å². The molecule has 3 heterocycles. The van der Waals surface area contributed by atoms with Gasteiger partial charge in [-0.1, -0.05) is 177 Å². The molecule has 0 spiro atoms. The average Bonchev–Trinajstić information content (AvgIpc) is 1.65. The molecule has 486 valence electrons. The molecule has 0 fully saturated rings. The zero-order valence-corrected chi connectivity index (χ0v) is 55.3. The van der Waals surface area contributed by atoms with Crippen LogP contribution in [0, 0.1) is 0 Å². The molecule has 0 saturated carbocycles. The van der Waals surface area contributed by atoms with E-state index in [9.17, 15) is 19.5 Å². The quantitative estimate of drug-likeness (QED) is 0.0717. The Balaban J connectivity index is 0.000000132. The Hall–Kier alpha value is -11.6. The fourth-order valence-corrected chi connectivity index (χ4v) is 13.6. The number of benzene rings is 12. The van der Waals surface area contributed by atoms with E-state index in [-0.39, 0.29) is 11.9 Å².